The summed E-state index contributed by atoms with van der Waals surface area (Å²) in [4.78, 5) is 23.4. The lowest BCUT2D eigenvalue weighted by molar-refractivity contribution is -0.112. The van der Waals surface area contributed by atoms with Crippen LogP contribution in [-0.2, 0) is 35.1 Å². The lowest BCUT2D eigenvalue weighted by Crippen LogP contribution is -2.19. The molecule has 6 N–H and O–H groups in total. The van der Waals surface area contributed by atoms with Crippen LogP contribution < -0.4 is 15.5 Å². The molecule has 0 radical (unpaired) electrons. The first-order valence-electron chi connectivity index (χ1n) is 14.7. The van der Waals surface area contributed by atoms with Crippen LogP contribution in [0.5, 0.6) is 5.75 Å². The molecule has 0 saturated carbocycles. The molecule has 4 aromatic carbocycles. The van der Waals surface area contributed by atoms with E-state index in [4.69, 9.17) is 11.6 Å². The summed E-state index contributed by atoms with van der Waals surface area (Å²) in [7, 11) is -15.4. The summed E-state index contributed by atoms with van der Waals surface area (Å²) in [5.41, 5.74) is -1.50. The Morgan fingerprint density at radius 3 is 2.15 bits per heavy atom. The Balaban J connectivity index is 1.75. The summed E-state index contributed by atoms with van der Waals surface area (Å²) in [6, 6.07) is 14.0. The lowest BCUT2D eigenvalue weighted by Gasteiger charge is -2.21. The first-order valence-corrected chi connectivity index (χ1v) is 20.2. The van der Waals surface area contributed by atoms with Gasteiger partial charge in [-0.25, -0.2) is 0 Å². The zero-order valence-electron chi connectivity index (χ0n) is 27.1. The van der Waals surface area contributed by atoms with Crippen LogP contribution in [0.15, 0.2) is 103 Å². The number of hydrogen-bond donors (Lipinski definition) is 6. The predicted octanol–water partition coefficient (Wildman–Crippen LogP) is 6.29. The van der Waals surface area contributed by atoms with Crippen LogP contribution in [0.4, 0.5) is 40.3 Å². The van der Waals surface area contributed by atoms with Crippen molar-refractivity contribution in [3.05, 3.63) is 83.1 Å². The van der Waals surface area contributed by atoms with Gasteiger partial charge in [0.15, 0.2) is 5.75 Å². The number of carbonyl (C=O) groups excluding carboxylic acids is 1. The van der Waals surface area contributed by atoms with E-state index in [2.05, 4.69) is 58.3 Å². The Bertz CT molecular complexity index is 2720. The van der Waals surface area contributed by atoms with Crippen LogP contribution in [0.2, 0.25) is 5.28 Å². The summed E-state index contributed by atoms with van der Waals surface area (Å²) in [6.07, 6.45) is 0. The number of nitrogens with one attached hydrogen (secondary N) is 2. The molecule has 1 heterocycles. The van der Waals surface area contributed by atoms with Crippen molar-refractivity contribution in [2.75, 3.05) is 22.1 Å². The molecule has 0 saturated heterocycles. The molecule has 0 fully saturated rings. The molecule has 5 aromatic rings. The third kappa shape index (κ3) is 8.96. The monoisotopic (exact) mass is 882 g/mol. The third-order valence-electron chi connectivity index (χ3n) is 7.17. The molecule has 5 rings (SSSR count). The second kappa shape index (κ2) is 15.3. The maximum absolute atomic E-state index is 12.6. The van der Waals surface area contributed by atoms with Gasteiger partial charge in [-0.15, -0.1) is 10.2 Å². The first kappa shape index (κ1) is 40.1. The number of fused-ring (bicyclic) bond motifs is 1. The van der Waals surface area contributed by atoms with E-state index >= 15 is 0 Å². The number of rotatable bonds is 12. The number of azo groups is 1. The van der Waals surface area contributed by atoms with E-state index in [9.17, 15) is 48.8 Å². The highest BCUT2D eigenvalue weighted by molar-refractivity contribution is 9.12. The van der Waals surface area contributed by atoms with Crippen LogP contribution >= 0.6 is 27.5 Å². The zero-order chi connectivity index (χ0) is 39.7. The van der Waals surface area contributed by atoms with Crippen LogP contribution in [0, 0.1) is 0 Å². The molecule has 0 aliphatic heterocycles. The minimum Gasteiger partial charge on any atom is -0.505 e. The van der Waals surface area contributed by atoms with E-state index in [1.54, 1.807) is 42.2 Å². The van der Waals surface area contributed by atoms with Gasteiger partial charge in [0, 0.05) is 23.3 Å². The number of halogens is 2. The molecule has 0 unspecified atom stereocenters. The normalized spacial score (nSPS) is 12.2. The maximum Gasteiger partial charge on any atom is 0.296 e. The van der Waals surface area contributed by atoms with Gasteiger partial charge in [0.1, 0.15) is 21.2 Å². The Kier molecular flexibility index (Phi) is 11.4. The number of benzene rings is 4. The molecule has 0 atom stereocenters. The number of carbonyl (C=O) groups is 1. The molecule has 282 valence electrons. The summed E-state index contributed by atoms with van der Waals surface area (Å²) in [6.45, 7) is 5.55. The van der Waals surface area contributed by atoms with Gasteiger partial charge in [-0.3, -0.25) is 18.5 Å². The molecule has 19 nitrogen and oxygen atoms in total. The number of phenols is 1. The molecule has 1 amide bonds. The lowest BCUT2D eigenvalue weighted by atomic mass is 10.1. The minimum atomic E-state index is -5.34. The smallest absolute Gasteiger partial charge is 0.296 e. The van der Waals surface area contributed by atoms with Gasteiger partial charge in [-0.05, 0) is 88.4 Å². The summed E-state index contributed by atoms with van der Waals surface area (Å²) < 4.78 is 104. The summed E-state index contributed by atoms with van der Waals surface area (Å²) in [5, 5.41) is 22.9. The van der Waals surface area contributed by atoms with Crippen molar-refractivity contribution in [1.82, 2.24) is 15.0 Å². The predicted molar refractivity (Wildman–Crippen MR) is 200 cm³/mol. The molecule has 0 aliphatic carbocycles. The number of nitrogens with zero attached hydrogens (tertiary/aromatic N) is 6. The standard InChI is InChI=1S/C30H24BrClN8O11S3/c1-3-40(18-7-5-4-6-8-18)30-36-28(32)35-29(37-30)34-21-14-19(52(43,44)45)11-16-12-23(54(49,50)51)25(26(41)24(16)21)39-38-20-13-17(33-27(42)15(2)31)9-10-22(20)53(46,47)48/h4-14,41H,2-3H2,1H3,(H,33,42)(H,43,44,45)(H,46,47,48)(H,49,50,51)(H,34,35,36,37). The fourth-order valence-corrected chi connectivity index (χ4v) is 6.94. The topological polar surface area (TPSA) is 291 Å². The van der Waals surface area contributed by atoms with E-state index in [0.29, 0.717) is 18.3 Å². The van der Waals surface area contributed by atoms with Gasteiger partial charge in [0.05, 0.1) is 15.1 Å². The SMILES string of the molecule is C=C(Br)C(=O)Nc1ccc(S(=O)(=O)O)c(N=Nc2c(S(=O)(=O)O)cc3cc(S(=O)(=O)O)cc(Nc4nc(Cl)nc(N(CC)c5ccccc5)n4)c3c2O)c1. The number of aromatic hydroxyl groups is 1. The van der Waals surface area contributed by atoms with Crippen molar-refractivity contribution in [2.45, 2.75) is 21.6 Å². The number of aromatic nitrogens is 3. The van der Waals surface area contributed by atoms with Crippen molar-refractivity contribution in [3.8, 4) is 5.75 Å². The van der Waals surface area contributed by atoms with Crippen molar-refractivity contribution in [2.24, 2.45) is 10.2 Å². The van der Waals surface area contributed by atoms with E-state index < -0.39 is 78.8 Å². The summed E-state index contributed by atoms with van der Waals surface area (Å²) in [5.74, 6) is -2.13. The van der Waals surface area contributed by atoms with Gasteiger partial charge < -0.3 is 20.6 Å². The van der Waals surface area contributed by atoms with Crippen LogP contribution in [0.1, 0.15) is 6.92 Å². The Labute approximate surface area is 319 Å². The first-order chi connectivity index (χ1) is 25.2. The number of hydrogen-bond acceptors (Lipinski definition) is 15. The average Bonchev–Trinajstić information content (AvgIpc) is 3.06. The zero-order valence-corrected chi connectivity index (χ0v) is 31.9. The number of anilines is 5. The maximum atomic E-state index is 12.6. The second-order valence-electron chi connectivity index (χ2n) is 10.7. The molecule has 54 heavy (non-hydrogen) atoms. The average molecular weight is 884 g/mol. The van der Waals surface area contributed by atoms with Gasteiger partial charge in [-0.2, -0.15) is 40.2 Å². The highest BCUT2D eigenvalue weighted by Gasteiger charge is 2.27. The van der Waals surface area contributed by atoms with Crippen molar-refractivity contribution in [3.63, 3.8) is 0 Å². The van der Waals surface area contributed by atoms with Crippen molar-refractivity contribution < 1.29 is 48.8 Å². The van der Waals surface area contributed by atoms with Crippen LogP contribution in [-0.4, -0.2) is 71.4 Å². The molecular weight excluding hydrogens is 860 g/mol. The Morgan fingerprint density at radius 1 is 0.889 bits per heavy atom. The molecule has 0 aliphatic rings. The molecule has 1 aromatic heterocycles. The largest absolute Gasteiger partial charge is 0.505 e. The van der Waals surface area contributed by atoms with E-state index in [1.807, 2.05) is 0 Å². The number of phenolic OH excluding ortho intramolecular Hbond substituents is 1. The minimum absolute atomic E-state index is 0.0299. The van der Waals surface area contributed by atoms with E-state index in [1.165, 1.54) is 0 Å². The van der Waals surface area contributed by atoms with Gasteiger partial charge >= 0.3 is 0 Å². The van der Waals surface area contributed by atoms with Crippen LogP contribution in [0.25, 0.3) is 10.8 Å². The van der Waals surface area contributed by atoms with E-state index in [0.717, 1.165) is 30.3 Å². The summed E-state index contributed by atoms with van der Waals surface area (Å²) >= 11 is 9.11. The van der Waals surface area contributed by atoms with Crippen molar-refractivity contribution >= 4 is 115 Å². The van der Waals surface area contributed by atoms with Crippen molar-refractivity contribution in [1.29, 1.82) is 0 Å². The van der Waals surface area contributed by atoms with E-state index in [-0.39, 0.29) is 33.0 Å². The highest BCUT2D eigenvalue weighted by atomic mass is 79.9. The van der Waals surface area contributed by atoms with Gasteiger partial charge in [0.25, 0.3) is 36.3 Å². The fourth-order valence-electron chi connectivity index (χ4n) is 4.88. The Hall–Kier alpha value is -5.14. The Morgan fingerprint density at radius 2 is 1.56 bits per heavy atom. The van der Waals surface area contributed by atoms with Crippen LogP contribution in [0.3, 0.4) is 0 Å². The molecule has 24 heteroatoms. The van der Waals surface area contributed by atoms with Gasteiger partial charge in [0.2, 0.25) is 17.2 Å². The fraction of sp³-hybridized carbons (Fsp3) is 0.0667. The third-order valence-corrected chi connectivity index (χ3v) is 10.3. The number of para-hydroxylation sites is 1. The molecular formula is C30H24BrClN8O11S3. The quantitative estimate of drug-likeness (QED) is 0.0456. The molecule has 0 spiro atoms. The van der Waals surface area contributed by atoms with Gasteiger partial charge in [-0.1, -0.05) is 24.8 Å². The molecule has 0 bridgehead atoms. The highest BCUT2D eigenvalue weighted by Crippen LogP contribution is 2.46. The second-order valence-corrected chi connectivity index (χ2v) is 16.2. The number of amides is 1.